The summed E-state index contributed by atoms with van der Waals surface area (Å²) in [6, 6.07) is -0.978. The highest BCUT2D eigenvalue weighted by atomic mass is 32.2. The second kappa shape index (κ2) is 10.5. The molecule has 3 heterocycles. The van der Waals surface area contributed by atoms with Crippen molar-refractivity contribution in [3.8, 4) is 0 Å². The molecule has 0 bridgehead atoms. The van der Waals surface area contributed by atoms with Crippen LogP contribution in [0.15, 0.2) is 34.0 Å². The molecule has 0 radical (unpaired) electrons. The smallest absolute Gasteiger partial charge is 0.358 e. The van der Waals surface area contributed by atoms with E-state index in [1.807, 2.05) is 0 Å². The van der Waals surface area contributed by atoms with Crippen molar-refractivity contribution in [1.29, 1.82) is 0 Å². The van der Waals surface area contributed by atoms with Crippen molar-refractivity contribution in [3.63, 3.8) is 0 Å². The molecule has 3 rings (SSSR count). The van der Waals surface area contributed by atoms with Crippen LogP contribution in [0, 0.1) is 5.41 Å². The standard InChI is InChI=1S/C21H25N5O7S2/c1-5-6-10-7-34-17-13(24-15(27)12(25-31)11-8-35-20(22)23-11)16(28)26(17)14(10)18(29)32-9-33-19(30)21(2,3)4/h5-6,8,13,17,31H,7,9H2,1-4H3,(H2,22,23)(H,24,27). The first-order valence-electron chi connectivity index (χ1n) is 10.4. The van der Waals surface area contributed by atoms with Gasteiger partial charge in [0.2, 0.25) is 6.79 Å². The van der Waals surface area contributed by atoms with E-state index in [9.17, 15) is 24.4 Å². The summed E-state index contributed by atoms with van der Waals surface area (Å²) in [7, 11) is 0. The number of carbonyl (C=O) groups is 4. The number of allylic oxidation sites excluding steroid dienone is 2. The van der Waals surface area contributed by atoms with Crippen LogP contribution >= 0.6 is 23.1 Å². The van der Waals surface area contributed by atoms with Crippen LogP contribution in [-0.2, 0) is 28.7 Å². The molecule has 0 saturated carbocycles. The largest absolute Gasteiger partial charge is 0.427 e. The van der Waals surface area contributed by atoms with Crippen molar-refractivity contribution in [2.75, 3.05) is 18.3 Å². The molecular weight excluding hydrogens is 498 g/mol. The Bertz CT molecular complexity index is 1140. The Kier molecular flexibility index (Phi) is 7.85. The van der Waals surface area contributed by atoms with Crippen molar-refractivity contribution in [3.05, 3.63) is 34.5 Å². The number of amides is 2. The van der Waals surface area contributed by atoms with E-state index in [0.717, 1.165) is 11.3 Å². The summed E-state index contributed by atoms with van der Waals surface area (Å²) in [5.41, 5.74) is 5.03. The van der Waals surface area contributed by atoms with Crippen LogP contribution in [0.25, 0.3) is 0 Å². The number of ether oxygens (including phenoxy) is 2. The van der Waals surface area contributed by atoms with Crippen LogP contribution < -0.4 is 11.1 Å². The summed E-state index contributed by atoms with van der Waals surface area (Å²) in [5.74, 6) is -2.39. The zero-order valence-electron chi connectivity index (χ0n) is 19.4. The van der Waals surface area contributed by atoms with Crippen molar-refractivity contribution in [2.45, 2.75) is 39.1 Å². The van der Waals surface area contributed by atoms with E-state index >= 15 is 0 Å². The van der Waals surface area contributed by atoms with Gasteiger partial charge in [0.1, 0.15) is 22.8 Å². The Morgan fingerprint density at radius 1 is 1.37 bits per heavy atom. The van der Waals surface area contributed by atoms with Gasteiger partial charge in [0.25, 0.3) is 11.8 Å². The Hall–Kier alpha value is -3.39. The first-order chi connectivity index (χ1) is 16.5. The van der Waals surface area contributed by atoms with Gasteiger partial charge in [-0.3, -0.25) is 19.3 Å². The van der Waals surface area contributed by atoms with Crippen molar-refractivity contribution < 1.29 is 33.9 Å². The first-order valence-corrected chi connectivity index (χ1v) is 12.3. The fourth-order valence-corrected chi connectivity index (χ4v) is 5.07. The van der Waals surface area contributed by atoms with Crippen LogP contribution in [0.4, 0.5) is 5.13 Å². The number of anilines is 1. The molecular formula is C21H25N5O7S2. The van der Waals surface area contributed by atoms with Gasteiger partial charge >= 0.3 is 11.9 Å². The molecule has 2 amide bonds. The molecule has 1 saturated heterocycles. The Balaban J connectivity index is 1.72. The number of fused-ring (bicyclic) bond motifs is 1. The highest BCUT2D eigenvalue weighted by Gasteiger charge is 2.54. The molecule has 2 unspecified atom stereocenters. The Morgan fingerprint density at radius 2 is 2.09 bits per heavy atom. The number of thioether (sulfide) groups is 1. The Morgan fingerprint density at radius 3 is 2.66 bits per heavy atom. The SMILES string of the molecule is CC=CC1=C(C(=O)OCOC(=O)C(C)(C)C)N2C(=O)C(NC(=O)C(=NO)c3csc(N)n3)C2SC1. The van der Waals surface area contributed by atoms with Gasteiger partial charge in [-0.05, 0) is 33.3 Å². The average Bonchev–Trinajstić information content (AvgIpc) is 3.22. The predicted octanol–water partition coefficient (Wildman–Crippen LogP) is 1.22. The van der Waals surface area contributed by atoms with Crippen LogP contribution in [0.2, 0.25) is 0 Å². The highest BCUT2D eigenvalue weighted by molar-refractivity contribution is 8.00. The maximum atomic E-state index is 13.0. The lowest BCUT2D eigenvalue weighted by molar-refractivity contribution is -0.173. The molecule has 2 aliphatic heterocycles. The lowest BCUT2D eigenvalue weighted by Crippen LogP contribution is -2.71. The second-order valence-corrected chi connectivity index (χ2v) is 10.5. The van der Waals surface area contributed by atoms with E-state index < -0.39 is 53.1 Å². The lowest BCUT2D eigenvalue weighted by atomic mass is 9.98. The van der Waals surface area contributed by atoms with Gasteiger partial charge in [-0.1, -0.05) is 17.3 Å². The molecule has 4 N–H and O–H groups in total. The van der Waals surface area contributed by atoms with Crippen LogP contribution in [-0.4, -0.2) is 68.5 Å². The zero-order valence-corrected chi connectivity index (χ0v) is 21.1. The maximum Gasteiger partial charge on any atom is 0.358 e. The predicted molar refractivity (Wildman–Crippen MR) is 128 cm³/mol. The number of nitrogens with two attached hydrogens (primary N) is 1. The number of hydrogen-bond acceptors (Lipinski definition) is 12. The van der Waals surface area contributed by atoms with Gasteiger partial charge in [-0.15, -0.1) is 23.1 Å². The monoisotopic (exact) mass is 523 g/mol. The zero-order chi connectivity index (χ0) is 25.9. The minimum atomic E-state index is -0.978. The molecule has 0 aromatic carbocycles. The van der Waals surface area contributed by atoms with Gasteiger partial charge < -0.3 is 25.7 Å². The number of nitrogens with one attached hydrogen (secondary N) is 1. The quantitative estimate of drug-likeness (QED) is 0.118. The summed E-state index contributed by atoms with van der Waals surface area (Å²) in [5, 5.41) is 15.8. The van der Waals surface area contributed by atoms with E-state index in [1.54, 1.807) is 39.8 Å². The first kappa shape index (κ1) is 26.2. The molecule has 1 fully saturated rings. The molecule has 1 aromatic heterocycles. The van der Waals surface area contributed by atoms with Crippen LogP contribution in [0.1, 0.15) is 33.4 Å². The Labute approximate surface area is 209 Å². The van der Waals surface area contributed by atoms with Gasteiger partial charge in [0.15, 0.2) is 10.8 Å². The third-order valence-electron chi connectivity index (χ3n) is 4.92. The fraction of sp³-hybridized carbons (Fsp3) is 0.429. The third kappa shape index (κ3) is 5.48. The number of nitrogens with zero attached hydrogens (tertiary/aromatic N) is 3. The second-order valence-electron chi connectivity index (χ2n) is 8.49. The minimum absolute atomic E-state index is 0.0116. The summed E-state index contributed by atoms with van der Waals surface area (Å²) in [6.45, 7) is 6.15. The van der Waals surface area contributed by atoms with Gasteiger partial charge in [0.05, 0.1) is 5.41 Å². The van der Waals surface area contributed by atoms with E-state index in [1.165, 1.54) is 22.0 Å². The number of carbonyl (C=O) groups excluding carboxylic acids is 4. The molecule has 0 spiro atoms. The van der Waals surface area contributed by atoms with Crippen LogP contribution in [0.5, 0.6) is 0 Å². The van der Waals surface area contributed by atoms with Crippen LogP contribution in [0.3, 0.4) is 0 Å². The van der Waals surface area contributed by atoms with E-state index in [-0.39, 0.29) is 16.5 Å². The molecule has 0 aliphatic carbocycles. The summed E-state index contributed by atoms with van der Waals surface area (Å²) in [4.78, 5) is 55.5. The van der Waals surface area contributed by atoms with Gasteiger partial charge in [-0.2, -0.15) is 0 Å². The van der Waals surface area contributed by atoms with Gasteiger partial charge in [0, 0.05) is 11.1 Å². The molecule has 14 heteroatoms. The number of nitrogen functional groups attached to an aromatic ring is 1. The normalized spacial score (nSPS) is 20.4. The molecule has 2 atom stereocenters. The number of β-lactam (4-membered cyclic amide) rings is 1. The summed E-state index contributed by atoms with van der Waals surface area (Å²) >= 11 is 2.40. The van der Waals surface area contributed by atoms with Gasteiger partial charge in [-0.25, -0.2) is 9.78 Å². The van der Waals surface area contributed by atoms with Crippen molar-refractivity contribution >= 4 is 57.7 Å². The molecule has 12 nitrogen and oxygen atoms in total. The lowest BCUT2D eigenvalue weighted by Gasteiger charge is -2.49. The maximum absolute atomic E-state index is 13.0. The topological polar surface area (TPSA) is 174 Å². The number of aromatic nitrogens is 1. The number of hydrogen-bond donors (Lipinski definition) is 3. The molecule has 188 valence electrons. The highest BCUT2D eigenvalue weighted by Crippen LogP contribution is 2.41. The van der Waals surface area contributed by atoms with E-state index in [0.29, 0.717) is 11.3 Å². The third-order valence-corrected chi connectivity index (χ3v) is 6.89. The summed E-state index contributed by atoms with van der Waals surface area (Å²) in [6.07, 6.45) is 3.40. The van der Waals surface area contributed by atoms with E-state index in [4.69, 9.17) is 15.2 Å². The number of thiazole rings is 1. The average molecular weight is 524 g/mol. The van der Waals surface area contributed by atoms with Crippen molar-refractivity contribution in [1.82, 2.24) is 15.2 Å². The minimum Gasteiger partial charge on any atom is -0.427 e. The number of oxime groups is 1. The molecule has 35 heavy (non-hydrogen) atoms. The molecule has 2 aliphatic rings. The fourth-order valence-electron chi connectivity index (χ4n) is 3.20. The summed E-state index contributed by atoms with van der Waals surface area (Å²) < 4.78 is 10.1. The molecule has 1 aromatic rings. The number of esters is 2. The van der Waals surface area contributed by atoms with E-state index in [2.05, 4.69) is 15.5 Å². The van der Waals surface area contributed by atoms with Crippen molar-refractivity contribution in [2.24, 2.45) is 10.6 Å². The number of rotatable bonds is 7.